The molecule has 1 aromatic rings. The molecule has 0 unspecified atom stereocenters. The summed E-state index contributed by atoms with van der Waals surface area (Å²) in [7, 11) is 1.65. The summed E-state index contributed by atoms with van der Waals surface area (Å²) in [5.41, 5.74) is 11.2. The molecule has 0 aliphatic heterocycles. The average molecular weight is 444 g/mol. The Hall–Kier alpha value is -0.580. The fourth-order valence-electron chi connectivity index (χ4n) is 1.01. The highest BCUT2D eigenvalue weighted by Crippen LogP contribution is 2.27. The van der Waals surface area contributed by atoms with Crippen LogP contribution >= 0.6 is 45.2 Å². The van der Waals surface area contributed by atoms with Crippen molar-refractivity contribution in [3.8, 4) is 5.75 Å². The monoisotopic (exact) mass is 444 g/mol. The van der Waals surface area contributed by atoms with Gasteiger partial charge in [0.25, 0.3) is 0 Å². The summed E-state index contributed by atoms with van der Waals surface area (Å²) in [4.78, 5) is 0. The van der Waals surface area contributed by atoms with E-state index in [1.165, 1.54) is 0 Å². The summed E-state index contributed by atoms with van der Waals surface area (Å²) in [5.74, 6) is 0.800. The Morgan fingerprint density at radius 3 is 2.31 bits per heavy atom. The SMILES string of the molecule is COc1c(I)cc(C=NN=C(N)N)cc1I. The lowest BCUT2D eigenvalue weighted by atomic mass is 10.2. The lowest BCUT2D eigenvalue weighted by Crippen LogP contribution is -2.21. The molecular weight excluding hydrogens is 434 g/mol. The number of nitrogens with zero attached hydrogens (tertiary/aromatic N) is 2. The van der Waals surface area contributed by atoms with Crippen molar-refractivity contribution in [1.82, 2.24) is 0 Å². The average Bonchev–Trinajstić information content (AvgIpc) is 2.16. The number of hydrogen-bond donors (Lipinski definition) is 2. The van der Waals surface area contributed by atoms with Gasteiger partial charge < -0.3 is 16.2 Å². The van der Waals surface area contributed by atoms with E-state index in [9.17, 15) is 0 Å². The van der Waals surface area contributed by atoms with Gasteiger partial charge in [0.15, 0.2) is 0 Å². The molecule has 1 aromatic carbocycles. The molecule has 0 saturated carbocycles. The third kappa shape index (κ3) is 3.77. The molecule has 5 nitrogen and oxygen atoms in total. The van der Waals surface area contributed by atoms with Crippen LogP contribution in [0, 0.1) is 7.14 Å². The highest BCUT2D eigenvalue weighted by atomic mass is 127. The molecule has 7 heteroatoms. The van der Waals surface area contributed by atoms with E-state index >= 15 is 0 Å². The van der Waals surface area contributed by atoms with Gasteiger partial charge in [0.1, 0.15) is 5.75 Å². The fraction of sp³-hybridized carbons (Fsp3) is 0.111. The van der Waals surface area contributed by atoms with Crippen LogP contribution in [-0.2, 0) is 0 Å². The molecule has 1 rings (SSSR count). The summed E-state index contributed by atoms with van der Waals surface area (Å²) in [6.45, 7) is 0. The van der Waals surface area contributed by atoms with E-state index in [-0.39, 0.29) is 5.96 Å². The summed E-state index contributed by atoms with van der Waals surface area (Å²) in [6, 6.07) is 3.88. The highest BCUT2D eigenvalue weighted by Gasteiger charge is 2.06. The molecule has 0 saturated heterocycles. The molecule has 0 atom stereocenters. The molecule has 0 radical (unpaired) electrons. The molecule has 16 heavy (non-hydrogen) atoms. The van der Waals surface area contributed by atoms with Crippen molar-refractivity contribution < 1.29 is 4.74 Å². The Morgan fingerprint density at radius 1 is 1.31 bits per heavy atom. The molecule has 0 aliphatic rings. The second-order valence-electron chi connectivity index (χ2n) is 2.79. The number of methoxy groups -OCH3 is 1. The van der Waals surface area contributed by atoms with Gasteiger partial charge in [-0.05, 0) is 62.9 Å². The molecule has 0 aliphatic carbocycles. The predicted molar refractivity (Wildman–Crippen MR) is 81.8 cm³/mol. The zero-order valence-electron chi connectivity index (χ0n) is 8.45. The minimum absolute atomic E-state index is 0.0610. The molecule has 0 aromatic heterocycles. The van der Waals surface area contributed by atoms with Gasteiger partial charge in [0.05, 0.1) is 20.5 Å². The Kier molecular flexibility index (Phi) is 5.25. The smallest absolute Gasteiger partial charge is 0.211 e. The second kappa shape index (κ2) is 6.23. The topological polar surface area (TPSA) is 86.0 Å². The number of halogens is 2. The van der Waals surface area contributed by atoms with Crippen LogP contribution in [0.5, 0.6) is 5.75 Å². The van der Waals surface area contributed by atoms with Gasteiger partial charge in [-0.1, -0.05) is 0 Å². The van der Waals surface area contributed by atoms with Crippen molar-refractivity contribution in [1.29, 1.82) is 0 Å². The predicted octanol–water partition coefficient (Wildman–Crippen LogP) is 1.51. The molecule has 0 heterocycles. The van der Waals surface area contributed by atoms with E-state index < -0.39 is 0 Å². The summed E-state index contributed by atoms with van der Waals surface area (Å²) in [6.07, 6.45) is 1.59. The van der Waals surface area contributed by atoms with E-state index in [1.807, 2.05) is 12.1 Å². The van der Waals surface area contributed by atoms with Gasteiger partial charge in [0.2, 0.25) is 5.96 Å². The summed E-state index contributed by atoms with van der Waals surface area (Å²) < 4.78 is 7.27. The maximum absolute atomic E-state index is 5.25. The van der Waals surface area contributed by atoms with Gasteiger partial charge in [-0.15, -0.1) is 5.10 Å². The Morgan fingerprint density at radius 2 is 1.88 bits per heavy atom. The molecular formula is C9H10I2N4O. The minimum atomic E-state index is -0.0610. The van der Waals surface area contributed by atoms with Crippen molar-refractivity contribution in [2.24, 2.45) is 21.7 Å². The van der Waals surface area contributed by atoms with Crippen LogP contribution in [0.15, 0.2) is 22.3 Å². The highest BCUT2D eigenvalue weighted by molar-refractivity contribution is 14.1. The molecule has 0 amide bonds. The lowest BCUT2D eigenvalue weighted by molar-refractivity contribution is 0.409. The largest absolute Gasteiger partial charge is 0.495 e. The van der Waals surface area contributed by atoms with Gasteiger partial charge in [-0.3, -0.25) is 0 Å². The Balaban J connectivity index is 3.00. The maximum Gasteiger partial charge on any atom is 0.211 e. The van der Waals surface area contributed by atoms with Crippen LogP contribution in [0.1, 0.15) is 5.56 Å². The summed E-state index contributed by atoms with van der Waals surface area (Å²) in [5, 5.41) is 7.27. The van der Waals surface area contributed by atoms with Crippen LogP contribution in [0.4, 0.5) is 0 Å². The van der Waals surface area contributed by atoms with E-state index in [1.54, 1.807) is 13.3 Å². The zero-order valence-corrected chi connectivity index (χ0v) is 12.8. The van der Waals surface area contributed by atoms with Crippen LogP contribution < -0.4 is 16.2 Å². The number of benzene rings is 1. The van der Waals surface area contributed by atoms with Gasteiger partial charge in [-0.25, -0.2) is 0 Å². The van der Waals surface area contributed by atoms with Crippen LogP contribution in [0.25, 0.3) is 0 Å². The molecule has 0 spiro atoms. The van der Waals surface area contributed by atoms with Crippen LogP contribution in [0.3, 0.4) is 0 Å². The van der Waals surface area contributed by atoms with E-state index in [4.69, 9.17) is 16.2 Å². The van der Waals surface area contributed by atoms with Crippen molar-refractivity contribution >= 4 is 57.4 Å². The van der Waals surface area contributed by atoms with Gasteiger partial charge in [0, 0.05) is 0 Å². The lowest BCUT2D eigenvalue weighted by Gasteiger charge is -2.06. The van der Waals surface area contributed by atoms with Crippen molar-refractivity contribution in [2.75, 3.05) is 7.11 Å². The van der Waals surface area contributed by atoms with Gasteiger partial charge >= 0.3 is 0 Å². The molecule has 0 bridgehead atoms. The second-order valence-corrected chi connectivity index (χ2v) is 5.11. The van der Waals surface area contributed by atoms with Crippen molar-refractivity contribution in [3.63, 3.8) is 0 Å². The van der Waals surface area contributed by atoms with Crippen LogP contribution in [0.2, 0.25) is 0 Å². The summed E-state index contributed by atoms with van der Waals surface area (Å²) >= 11 is 4.40. The van der Waals surface area contributed by atoms with Crippen LogP contribution in [-0.4, -0.2) is 19.3 Å². The van der Waals surface area contributed by atoms with E-state index in [0.717, 1.165) is 18.5 Å². The first kappa shape index (κ1) is 13.5. The standard InChI is InChI=1S/C9H10I2N4O/c1-16-8-6(10)2-5(3-7(8)11)4-14-15-9(12)13/h2-4H,1H3,(H4,12,13,15). The Bertz CT molecular complexity index is 418. The first-order chi connectivity index (χ1) is 7.54. The minimum Gasteiger partial charge on any atom is -0.495 e. The maximum atomic E-state index is 5.25. The molecule has 86 valence electrons. The van der Waals surface area contributed by atoms with E-state index in [2.05, 4.69) is 55.4 Å². The number of hydrogen-bond acceptors (Lipinski definition) is 3. The Labute approximate surface area is 121 Å². The fourth-order valence-corrected chi connectivity index (χ4v) is 3.27. The van der Waals surface area contributed by atoms with E-state index in [0.29, 0.717) is 0 Å². The van der Waals surface area contributed by atoms with Gasteiger partial charge in [-0.2, -0.15) is 5.10 Å². The van der Waals surface area contributed by atoms with Crippen molar-refractivity contribution in [2.45, 2.75) is 0 Å². The molecule has 4 N–H and O–H groups in total. The van der Waals surface area contributed by atoms with Crippen molar-refractivity contribution in [3.05, 3.63) is 24.8 Å². The third-order valence-corrected chi connectivity index (χ3v) is 3.21. The first-order valence-corrected chi connectivity index (χ1v) is 6.35. The molecule has 0 fully saturated rings. The number of nitrogens with two attached hydrogens (primary N) is 2. The first-order valence-electron chi connectivity index (χ1n) is 4.19. The quantitative estimate of drug-likeness (QED) is 0.321. The number of ether oxygens (including phenoxy) is 1. The normalized spacial score (nSPS) is 10.4. The third-order valence-electron chi connectivity index (χ3n) is 1.60. The number of rotatable bonds is 3. The zero-order chi connectivity index (χ0) is 12.1. The number of guanidine groups is 1.